The summed E-state index contributed by atoms with van der Waals surface area (Å²) in [5, 5.41) is 10.5. The minimum atomic E-state index is -0.580. The fourth-order valence-corrected chi connectivity index (χ4v) is 4.00. The van der Waals surface area contributed by atoms with Crippen molar-refractivity contribution in [3.63, 3.8) is 0 Å². The topological polar surface area (TPSA) is 106 Å². The number of para-hydroxylation sites is 2. The molecule has 3 heterocycles. The lowest BCUT2D eigenvalue weighted by molar-refractivity contribution is 0.0748. The fourth-order valence-electron chi connectivity index (χ4n) is 4.00. The lowest BCUT2D eigenvalue weighted by atomic mass is 10.1. The predicted octanol–water partition coefficient (Wildman–Crippen LogP) is 2.50. The van der Waals surface area contributed by atoms with Crippen LogP contribution in [0.4, 0.5) is 5.69 Å². The number of pyridine rings is 1. The van der Waals surface area contributed by atoms with Crippen LogP contribution in [-0.4, -0.2) is 47.0 Å². The van der Waals surface area contributed by atoms with Crippen molar-refractivity contribution in [2.75, 3.05) is 31.1 Å². The van der Waals surface area contributed by atoms with Crippen LogP contribution < -0.4 is 10.7 Å². The number of rotatable bonds is 2. The first kappa shape index (κ1) is 17.9. The van der Waals surface area contributed by atoms with Crippen LogP contribution in [0.25, 0.3) is 22.0 Å². The maximum Gasteiger partial charge on any atom is 0.417 e. The van der Waals surface area contributed by atoms with Crippen molar-refractivity contribution in [3.8, 4) is 6.07 Å². The summed E-state index contributed by atoms with van der Waals surface area (Å²) in [5.74, 6) is -0.735. The van der Waals surface area contributed by atoms with Crippen LogP contribution in [-0.2, 0) is 0 Å². The third-order valence-corrected chi connectivity index (χ3v) is 5.44. The van der Waals surface area contributed by atoms with E-state index in [0.717, 1.165) is 16.6 Å². The summed E-state index contributed by atoms with van der Waals surface area (Å²) in [6.45, 7) is 2.18. The molecule has 0 saturated carbocycles. The van der Waals surface area contributed by atoms with Gasteiger partial charge in [0.1, 0.15) is 6.07 Å². The third-order valence-electron chi connectivity index (χ3n) is 5.44. The summed E-state index contributed by atoms with van der Waals surface area (Å²) in [4.78, 5) is 35.5. The van der Waals surface area contributed by atoms with Gasteiger partial charge in [-0.15, -0.1) is 0 Å². The molecule has 1 saturated heterocycles. The van der Waals surface area contributed by atoms with Gasteiger partial charge in [-0.1, -0.05) is 24.3 Å². The molecule has 1 amide bonds. The molecule has 8 heteroatoms. The Kier molecular flexibility index (Phi) is 4.21. The Balaban J connectivity index is 1.42. The third kappa shape index (κ3) is 2.88. The van der Waals surface area contributed by atoms with Crippen molar-refractivity contribution in [1.82, 2.24) is 14.9 Å². The molecular weight excluding hydrogens is 382 g/mol. The number of nitriles is 1. The van der Waals surface area contributed by atoms with E-state index in [1.54, 1.807) is 29.3 Å². The van der Waals surface area contributed by atoms with Crippen LogP contribution in [0.2, 0.25) is 0 Å². The highest BCUT2D eigenvalue weighted by Crippen LogP contribution is 2.30. The van der Waals surface area contributed by atoms with Crippen molar-refractivity contribution < 1.29 is 9.21 Å². The Morgan fingerprint density at radius 1 is 1.10 bits per heavy atom. The zero-order valence-corrected chi connectivity index (χ0v) is 16.0. The lowest BCUT2D eigenvalue weighted by Crippen LogP contribution is -2.49. The highest BCUT2D eigenvalue weighted by atomic mass is 16.4. The predicted molar refractivity (Wildman–Crippen MR) is 111 cm³/mol. The van der Waals surface area contributed by atoms with E-state index < -0.39 is 5.76 Å². The molecule has 5 rings (SSSR count). The van der Waals surface area contributed by atoms with E-state index in [-0.39, 0.29) is 5.91 Å². The summed E-state index contributed by atoms with van der Waals surface area (Å²) in [6, 6.07) is 15.0. The number of oxazole rings is 1. The van der Waals surface area contributed by atoms with Crippen LogP contribution in [0.5, 0.6) is 0 Å². The molecule has 8 nitrogen and oxygen atoms in total. The molecule has 1 aliphatic heterocycles. The number of piperazine rings is 1. The van der Waals surface area contributed by atoms with Crippen LogP contribution >= 0.6 is 0 Å². The van der Waals surface area contributed by atoms with Gasteiger partial charge in [0.05, 0.1) is 27.8 Å². The molecule has 30 heavy (non-hydrogen) atoms. The number of H-pyrrole nitrogens is 1. The van der Waals surface area contributed by atoms with Crippen LogP contribution in [0.1, 0.15) is 15.9 Å². The van der Waals surface area contributed by atoms with Crippen molar-refractivity contribution in [3.05, 3.63) is 70.3 Å². The van der Waals surface area contributed by atoms with Crippen molar-refractivity contribution in [1.29, 1.82) is 5.26 Å². The van der Waals surface area contributed by atoms with Crippen LogP contribution in [0.15, 0.2) is 57.9 Å². The second-order valence-electron chi connectivity index (χ2n) is 7.12. The summed E-state index contributed by atoms with van der Waals surface area (Å²) < 4.78 is 5.06. The molecule has 0 aliphatic carbocycles. The number of anilines is 1. The molecule has 0 bridgehead atoms. The number of hydrogen-bond donors (Lipinski definition) is 1. The molecule has 2 aromatic carbocycles. The van der Waals surface area contributed by atoms with Gasteiger partial charge in [-0.25, -0.2) is 4.79 Å². The Labute approximate surface area is 171 Å². The molecule has 0 spiro atoms. The number of nitrogens with zero attached hydrogens (tertiary/aromatic N) is 4. The summed E-state index contributed by atoms with van der Waals surface area (Å²) in [6.07, 6.45) is 1.60. The molecule has 2 aromatic heterocycles. The van der Waals surface area contributed by atoms with Crippen LogP contribution in [0, 0.1) is 11.3 Å². The summed E-state index contributed by atoms with van der Waals surface area (Å²) in [7, 11) is 0. The smallest absolute Gasteiger partial charge is 0.408 e. The maximum atomic E-state index is 13.1. The van der Waals surface area contributed by atoms with Gasteiger partial charge >= 0.3 is 5.76 Å². The summed E-state index contributed by atoms with van der Waals surface area (Å²) >= 11 is 0. The van der Waals surface area contributed by atoms with Gasteiger partial charge in [0.2, 0.25) is 0 Å². The Bertz CT molecular complexity index is 1370. The molecular formula is C22H17N5O3. The highest BCUT2D eigenvalue weighted by Gasteiger charge is 2.26. The Morgan fingerprint density at radius 3 is 2.70 bits per heavy atom. The van der Waals surface area contributed by atoms with Gasteiger partial charge in [-0.2, -0.15) is 5.26 Å². The van der Waals surface area contributed by atoms with Crippen LogP contribution in [0.3, 0.4) is 0 Å². The van der Waals surface area contributed by atoms with E-state index in [1.807, 2.05) is 24.3 Å². The van der Waals surface area contributed by atoms with Gasteiger partial charge in [0.25, 0.3) is 5.91 Å². The first-order chi connectivity index (χ1) is 14.7. The number of nitrogens with one attached hydrogen (secondary N) is 1. The van der Waals surface area contributed by atoms with E-state index in [0.29, 0.717) is 48.4 Å². The quantitative estimate of drug-likeness (QED) is 0.555. The van der Waals surface area contributed by atoms with Crippen molar-refractivity contribution in [2.45, 2.75) is 0 Å². The molecule has 0 radical (unpaired) electrons. The standard InChI is InChI=1S/C22H17N5O3/c23-12-14-13-24-17-6-2-1-4-15(17)20(14)26-8-10-27(11-9-26)21(28)16-5-3-7-18-19(16)25-22(29)30-18/h1-7,13H,8-11H2,(H,25,29). The van der Waals surface area contributed by atoms with Gasteiger partial charge in [0.15, 0.2) is 5.58 Å². The van der Waals surface area contributed by atoms with Crippen molar-refractivity contribution >= 4 is 33.6 Å². The number of benzene rings is 2. The van der Waals surface area contributed by atoms with Gasteiger partial charge < -0.3 is 14.2 Å². The SMILES string of the molecule is N#Cc1cnc2ccccc2c1N1CCN(C(=O)c2cccc3oc(=O)[nH]c23)CC1. The van der Waals surface area contributed by atoms with E-state index in [9.17, 15) is 14.9 Å². The van der Waals surface area contributed by atoms with Crippen molar-refractivity contribution in [2.24, 2.45) is 0 Å². The first-order valence-electron chi connectivity index (χ1n) is 9.59. The fraction of sp³-hybridized carbons (Fsp3) is 0.182. The van der Waals surface area contributed by atoms with E-state index in [4.69, 9.17) is 4.42 Å². The van der Waals surface area contributed by atoms with E-state index in [2.05, 4.69) is 20.9 Å². The van der Waals surface area contributed by atoms with E-state index in [1.165, 1.54) is 0 Å². The number of amides is 1. The minimum Gasteiger partial charge on any atom is -0.408 e. The monoisotopic (exact) mass is 399 g/mol. The van der Waals surface area contributed by atoms with E-state index >= 15 is 0 Å². The van der Waals surface area contributed by atoms with Gasteiger partial charge in [-0.05, 0) is 18.2 Å². The van der Waals surface area contributed by atoms with Gasteiger partial charge in [-0.3, -0.25) is 14.8 Å². The molecule has 1 N–H and O–H groups in total. The molecule has 148 valence electrons. The average Bonchev–Trinajstić information content (AvgIpc) is 3.18. The number of fused-ring (bicyclic) bond motifs is 2. The largest absolute Gasteiger partial charge is 0.417 e. The maximum absolute atomic E-state index is 13.1. The number of aromatic nitrogens is 2. The first-order valence-corrected chi connectivity index (χ1v) is 9.59. The Hall–Kier alpha value is -4.12. The molecule has 0 atom stereocenters. The summed E-state index contributed by atoms with van der Waals surface area (Å²) in [5.41, 5.74) is 3.42. The zero-order chi connectivity index (χ0) is 20.7. The highest BCUT2D eigenvalue weighted by molar-refractivity contribution is 6.04. The Morgan fingerprint density at radius 2 is 1.90 bits per heavy atom. The number of carbonyl (C=O) groups is 1. The second-order valence-corrected chi connectivity index (χ2v) is 7.12. The normalized spacial score (nSPS) is 14.2. The molecule has 4 aromatic rings. The average molecular weight is 399 g/mol. The minimum absolute atomic E-state index is 0.155. The zero-order valence-electron chi connectivity index (χ0n) is 16.0. The number of hydrogen-bond acceptors (Lipinski definition) is 6. The molecule has 1 aliphatic rings. The molecule has 0 unspecified atom stereocenters. The second kappa shape index (κ2) is 7.04. The van der Waals surface area contributed by atoms with Gasteiger partial charge in [0, 0.05) is 37.8 Å². The lowest BCUT2D eigenvalue weighted by Gasteiger charge is -2.37. The number of aromatic amines is 1. The number of carbonyl (C=O) groups excluding carboxylic acids is 1. The molecule has 1 fully saturated rings.